The minimum atomic E-state index is -4.52. The fraction of sp³-hybridized carbons (Fsp3) is 0.442. The second kappa shape index (κ2) is 17.3. The molecule has 4 N–H and O–H groups in total. The van der Waals surface area contributed by atoms with Crippen molar-refractivity contribution in [3.8, 4) is 22.9 Å². The third-order valence-corrected chi connectivity index (χ3v) is 12.6. The predicted molar refractivity (Wildman–Crippen MR) is 231 cm³/mol. The number of benzene rings is 2. The Balaban J connectivity index is 1.19. The van der Waals surface area contributed by atoms with E-state index in [1.54, 1.807) is 58.2 Å². The topological polar surface area (TPSA) is 207 Å². The zero-order chi connectivity index (χ0) is 43.7. The summed E-state index contributed by atoms with van der Waals surface area (Å²) in [5, 5.41) is 12.1. The van der Waals surface area contributed by atoms with Crippen molar-refractivity contribution in [1.82, 2.24) is 24.9 Å². The fourth-order valence-corrected chi connectivity index (χ4v) is 9.50. The second-order valence-corrected chi connectivity index (χ2v) is 19.3. The number of anilines is 2. The number of sulfonamides is 1. The monoisotopic (exact) mass is 873 g/mol. The summed E-state index contributed by atoms with van der Waals surface area (Å²) in [6, 6.07) is 12.0. The first-order valence-electron chi connectivity index (χ1n) is 20.3. The number of aromatic nitrogens is 2. The van der Waals surface area contributed by atoms with Crippen LogP contribution < -0.4 is 30.1 Å². The number of carbonyl (C=O) groups excluding carboxylic acids is 4. The average molecular weight is 874 g/mol. The van der Waals surface area contributed by atoms with Crippen molar-refractivity contribution in [1.29, 1.82) is 0 Å². The van der Waals surface area contributed by atoms with Crippen molar-refractivity contribution >= 4 is 66.9 Å². The van der Waals surface area contributed by atoms with Gasteiger partial charge in [0.15, 0.2) is 5.13 Å². The van der Waals surface area contributed by atoms with Crippen LogP contribution in [0.5, 0.6) is 11.5 Å². The maximum absolute atomic E-state index is 14.5. The number of nitrogens with zero attached hydrogens (tertiary/aromatic N) is 3. The fourth-order valence-electron chi connectivity index (χ4n) is 7.45. The molecule has 0 radical (unpaired) electrons. The lowest BCUT2D eigenvalue weighted by Crippen LogP contribution is -2.56. The van der Waals surface area contributed by atoms with Crippen LogP contribution in [-0.4, -0.2) is 90.1 Å². The third kappa shape index (κ3) is 9.91. The van der Waals surface area contributed by atoms with E-state index in [9.17, 15) is 27.6 Å². The Morgan fingerprint density at radius 3 is 2.59 bits per heavy atom. The van der Waals surface area contributed by atoms with Crippen LogP contribution in [0.2, 0.25) is 0 Å². The Morgan fingerprint density at radius 2 is 1.84 bits per heavy atom. The van der Waals surface area contributed by atoms with Crippen LogP contribution in [0.15, 0.2) is 71.0 Å². The molecule has 2 fully saturated rings. The van der Waals surface area contributed by atoms with E-state index in [4.69, 9.17) is 24.2 Å². The summed E-state index contributed by atoms with van der Waals surface area (Å²) in [6.45, 7) is 9.16. The van der Waals surface area contributed by atoms with Crippen LogP contribution in [0, 0.1) is 5.92 Å². The number of carbonyl (C=O) groups is 4. The quantitative estimate of drug-likeness (QED) is 0.142. The molecular formula is C43H51N7O9S2. The highest BCUT2D eigenvalue weighted by Crippen LogP contribution is 2.46. The number of methoxy groups -OCH3 is 1. The zero-order valence-corrected chi connectivity index (χ0v) is 36.6. The molecule has 18 heteroatoms. The van der Waals surface area contributed by atoms with Crippen molar-refractivity contribution in [3.63, 3.8) is 0 Å². The Morgan fingerprint density at radius 1 is 1.05 bits per heavy atom. The molecule has 16 nitrogen and oxygen atoms in total. The van der Waals surface area contributed by atoms with Gasteiger partial charge in [-0.25, -0.2) is 27.9 Å². The van der Waals surface area contributed by atoms with Gasteiger partial charge in [0.1, 0.15) is 45.4 Å². The first kappa shape index (κ1) is 43.3. The summed E-state index contributed by atoms with van der Waals surface area (Å²) in [7, 11) is -2.96. The molecule has 4 amide bonds. The predicted octanol–water partition coefficient (Wildman–Crippen LogP) is 6.39. The Kier molecular flexibility index (Phi) is 12.3. The largest absolute Gasteiger partial charge is 0.497 e. The number of fused-ring (bicyclic) bond motifs is 3. The summed E-state index contributed by atoms with van der Waals surface area (Å²) < 4.78 is 47.6. The number of ether oxygens (including phenoxy) is 3. The number of amides is 4. The molecule has 61 heavy (non-hydrogen) atoms. The number of thiazole rings is 1. The lowest BCUT2D eigenvalue weighted by atomic mass is 10.1. The van der Waals surface area contributed by atoms with Gasteiger partial charge in [-0.2, -0.15) is 0 Å². The highest BCUT2D eigenvalue weighted by Gasteiger charge is 2.62. The van der Waals surface area contributed by atoms with E-state index in [-0.39, 0.29) is 48.3 Å². The Bertz CT molecular complexity index is 2480. The number of hydrogen-bond acceptors (Lipinski definition) is 13. The van der Waals surface area contributed by atoms with E-state index in [1.165, 1.54) is 34.4 Å². The summed E-state index contributed by atoms with van der Waals surface area (Å²) >= 11 is 1.45. The van der Waals surface area contributed by atoms with Crippen LogP contribution in [0.1, 0.15) is 73.1 Å². The SMILES string of the molecule is COc1ccc2c(O[C@@H]3C[C@@H](C(=O)N[C@]45C[C@H]4/C=C/CCCCC(=O)Nc4ccccc4S(=O)(=O)NC5=O)N(C(=O)OC(C)(C)C)C3)cc(-c3csc(NC(C)C)n3)nc2c1. The summed E-state index contributed by atoms with van der Waals surface area (Å²) in [5.41, 5.74) is -0.768. The van der Waals surface area contributed by atoms with Crippen molar-refractivity contribution < 1.29 is 41.8 Å². The van der Waals surface area contributed by atoms with Crippen molar-refractivity contribution in [3.05, 3.63) is 66.1 Å². The smallest absolute Gasteiger partial charge is 0.411 e. The molecule has 0 spiro atoms. The van der Waals surface area contributed by atoms with Crippen LogP contribution in [-0.2, 0) is 29.1 Å². The normalized spacial score (nSPS) is 23.3. The molecule has 4 atom stereocenters. The standard InChI is InChI=1S/C43H51N7O9S2/c1-25(2)44-40-47-33(24-60-40)32-21-35(29-18-17-27(57-6)19-31(29)45-32)58-28-20-34(50(23-28)41(54)59-42(3,4)5)38(52)48-43-22-26(43)13-9-7-8-10-16-37(51)46-30-14-11-12-15-36(30)61(55,56)49-39(43)53/h9,11-15,17-19,21,24-26,28,34H,7-8,10,16,20,22-23H2,1-6H3,(H,44,47)(H,46,51)(H,48,52)(H,49,53)/b13-9+/t26-,28-,34+,43-/m1/s1. The molecular weight excluding hydrogens is 823 g/mol. The number of hydrogen-bond donors (Lipinski definition) is 4. The number of allylic oxidation sites excluding steroid dienone is 1. The van der Waals surface area contributed by atoms with Gasteiger partial charge in [0.2, 0.25) is 11.8 Å². The number of likely N-dealkylation sites (tertiary alicyclic amines) is 1. The van der Waals surface area contributed by atoms with Gasteiger partial charge in [-0.1, -0.05) is 24.3 Å². The van der Waals surface area contributed by atoms with Crippen LogP contribution >= 0.6 is 11.3 Å². The molecule has 324 valence electrons. The maximum Gasteiger partial charge on any atom is 0.411 e. The number of nitrogens with one attached hydrogen (secondary N) is 4. The van der Waals surface area contributed by atoms with E-state index in [1.807, 2.05) is 31.4 Å². The van der Waals surface area contributed by atoms with E-state index < -0.39 is 57.1 Å². The van der Waals surface area contributed by atoms with E-state index >= 15 is 0 Å². The molecule has 7 rings (SSSR count). The Labute approximate surface area is 358 Å². The zero-order valence-electron chi connectivity index (χ0n) is 34.9. The van der Waals surface area contributed by atoms with Gasteiger partial charge < -0.3 is 30.2 Å². The second-order valence-electron chi connectivity index (χ2n) is 16.8. The van der Waals surface area contributed by atoms with Gasteiger partial charge in [-0.15, -0.1) is 11.3 Å². The molecule has 2 aromatic carbocycles. The number of rotatable bonds is 8. The minimum Gasteiger partial charge on any atom is -0.497 e. The molecule has 1 saturated carbocycles. The summed E-state index contributed by atoms with van der Waals surface area (Å²) in [5.74, 6) is -1.48. The molecule has 1 aliphatic carbocycles. The van der Waals surface area contributed by atoms with Gasteiger partial charge in [0, 0.05) is 47.7 Å². The molecule has 4 aromatic rings. The van der Waals surface area contributed by atoms with Gasteiger partial charge in [-0.3, -0.25) is 19.3 Å². The average Bonchev–Trinajstić information content (AvgIpc) is 3.46. The van der Waals surface area contributed by atoms with E-state index in [2.05, 4.69) is 20.7 Å². The lowest BCUT2D eigenvalue weighted by Gasteiger charge is -2.29. The maximum atomic E-state index is 14.5. The molecule has 1 saturated heterocycles. The first-order chi connectivity index (χ1) is 28.9. The summed E-state index contributed by atoms with van der Waals surface area (Å²) in [6.07, 6.45) is 4.35. The van der Waals surface area contributed by atoms with Gasteiger partial charge in [-0.05, 0) is 84.6 Å². The number of para-hydroxylation sites is 1. The van der Waals surface area contributed by atoms with E-state index in [0.717, 1.165) is 5.13 Å². The van der Waals surface area contributed by atoms with E-state index in [0.29, 0.717) is 53.1 Å². The highest BCUT2D eigenvalue weighted by atomic mass is 32.2. The van der Waals surface area contributed by atoms with Gasteiger partial charge >= 0.3 is 6.09 Å². The van der Waals surface area contributed by atoms with Crippen LogP contribution in [0.25, 0.3) is 22.3 Å². The number of pyridine rings is 1. The van der Waals surface area contributed by atoms with Crippen molar-refractivity contribution in [2.45, 2.75) is 107 Å². The Hall–Kier alpha value is -5.75. The molecule has 4 heterocycles. The summed E-state index contributed by atoms with van der Waals surface area (Å²) in [4.78, 5) is 65.8. The molecule has 0 bridgehead atoms. The van der Waals surface area contributed by atoms with Crippen molar-refractivity contribution in [2.75, 3.05) is 24.3 Å². The van der Waals surface area contributed by atoms with Crippen molar-refractivity contribution in [2.24, 2.45) is 5.92 Å². The minimum absolute atomic E-state index is 0.0170. The molecule has 2 aliphatic heterocycles. The van der Waals surface area contributed by atoms with Crippen LogP contribution in [0.3, 0.4) is 0 Å². The third-order valence-electron chi connectivity index (χ3n) is 10.5. The molecule has 2 aromatic heterocycles. The first-order valence-corrected chi connectivity index (χ1v) is 22.6. The molecule has 3 aliphatic rings. The van der Waals surface area contributed by atoms with Gasteiger partial charge in [0.25, 0.3) is 15.9 Å². The van der Waals surface area contributed by atoms with Crippen LogP contribution in [0.4, 0.5) is 15.6 Å². The highest BCUT2D eigenvalue weighted by molar-refractivity contribution is 7.90. The van der Waals surface area contributed by atoms with Gasteiger partial charge in [0.05, 0.1) is 30.6 Å². The molecule has 0 unspecified atom stereocenters. The lowest BCUT2D eigenvalue weighted by molar-refractivity contribution is -0.131.